The molecule has 1 aromatic heterocycles. The van der Waals surface area contributed by atoms with E-state index in [0.717, 1.165) is 25.1 Å². The second-order valence-corrected chi connectivity index (χ2v) is 7.76. The van der Waals surface area contributed by atoms with Gasteiger partial charge in [0.2, 0.25) is 0 Å². The van der Waals surface area contributed by atoms with Gasteiger partial charge in [0, 0.05) is 31.7 Å². The Morgan fingerprint density at radius 3 is 2.65 bits per heavy atom. The highest BCUT2D eigenvalue weighted by Crippen LogP contribution is 2.32. The van der Waals surface area contributed by atoms with Crippen LogP contribution in [0.3, 0.4) is 0 Å². The van der Waals surface area contributed by atoms with Gasteiger partial charge in [-0.2, -0.15) is 0 Å². The molecule has 2 N–H and O–H groups in total. The molecule has 2 saturated heterocycles. The first kappa shape index (κ1) is 22.8. The molecule has 1 aromatic carbocycles. The summed E-state index contributed by atoms with van der Waals surface area (Å²) in [5.41, 5.74) is 1.38. The summed E-state index contributed by atoms with van der Waals surface area (Å²) in [6, 6.07) is 9.70. The predicted octanol–water partition coefficient (Wildman–Crippen LogP) is 1.95. The average molecular weight is 431 g/mol. The van der Waals surface area contributed by atoms with Crippen LogP contribution in [0.4, 0.5) is 5.82 Å². The number of hydrogen-bond acceptors (Lipinski definition) is 7. The van der Waals surface area contributed by atoms with Crippen LogP contribution in [0, 0.1) is 5.92 Å². The van der Waals surface area contributed by atoms with E-state index in [1.807, 2.05) is 30.3 Å². The molecule has 2 aliphatic heterocycles. The number of hydrogen-bond donors (Lipinski definition) is 2. The van der Waals surface area contributed by atoms with E-state index in [-0.39, 0.29) is 12.4 Å². The zero-order valence-corrected chi connectivity index (χ0v) is 17.8. The number of benzene rings is 1. The highest BCUT2D eigenvalue weighted by atomic mass is 16.5. The Hall–Kier alpha value is -2.91. The second-order valence-electron chi connectivity index (χ2n) is 7.76. The molecular formula is C22H30N4O5. The summed E-state index contributed by atoms with van der Waals surface area (Å²) < 4.78 is 11.1. The number of carboxylic acid groups (broad SMARTS) is 1. The molecular weight excluding hydrogens is 400 g/mol. The lowest BCUT2D eigenvalue weighted by Crippen LogP contribution is -2.40. The molecule has 168 valence electrons. The SMILES string of the molecule is CN1CCCC(CNC(=O)c2c(N3CCOCC3)noc2-c2ccccc2)C1.O=CO. The monoisotopic (exact) mass is 430 g/mol. The number of nitrogens with one attached hydrogen (secondary N) is 1. The molecule has 1 atom stereocenters. The third-order valence-electron chi connectivity index (χ3n) is 5.52. The fourth-order valence-electron chi connectivity index (χ4n) is 4.03. The zero-order valence-electron chi connectivity index (χ0n) is 17.8. The van der Waals surface area contributed by atoms with Crippen LogP contribution >= 0.6 is 0 Å². The fourth-order valence-corrected chi connectivity index (χ4v) is 4.03. The molecule has 0 radical (unpaired) electrons. The number of aromatic nitrogens is 1. The minimum absolute atomic E-state index is 0.116. The van der Waals surface area contributed by atoms with E-state index in [1.54, 1.807) is 0 Å². The molecule has 0 bridgehead atoms. The van der Waals surface area contributed by atoms with Gasteiger partial charge in [-0.25, -0.2) is 0 Å². The van der Waals surface area contributed by atoms with Crippen molar-refractivity contribution in [2.75, 3.05) is 57.9 Å². The van der Waals surface area contributed by atoms with Crippen LogP contribution in [0.25, 0.3) is 11.3 Å². The summed E-state index contributed by atoms with van der Waals surface area (Å²) in [6.07, 6.45) is 2.33. The highest BCUT2D eigenvalue weighted by Gasteiger charge is 2.29. The molecule has 0 aliphatic carbocycles. The first-order valence-electron chi connectivity index (χ1n) is 10.6. The third-order valence-corrected chi connectivity index (χ3v) is 5.52. The highest BCUT2D eigenvalue weighted by molar-refractivity contribution is 6.04. The van der Waals surface area contributed by atoms with E-state index in [9.17, 15) is 4.79 Å². The van der Waals surface area contributed by atoms with Crippen molar-refractivity contribution in [2.45, 2.75) is 12.8 Å². The van der Waals surface area contributed by atoms with Crippen molar-refractivity contribution in [2.24, 2.45) is 5.92 Å². The van der Waals surface area contributed by atoms with Crippen molar-refractivity contribution in [1.29, 1.82) is 0 Å². The van der Waals surface area contributed by atoms with Gasteiger partial charge in [-0.05, 0) is 32.4 Å². The standard InChI is InChI=1S/C21H28N4O3.CH2O2/c1-24-9-5-6-16(15-24)14-22-21(26)18-19(17-7-3-2-4-8-17)28-23-20(18)25-10-12-27-13-11-25;2-1-3/h2-4,7-8,16H,5-6,9-15H2,1H3,(H,22,26);1H,(H,2,3). The Morgan fingerprint density at radius 1 is 1.26 bits per heavy atom. The molecule has 0 spiro atoms. The van der Waals surface area contributed by atoms with Gasteiger partial charge in [0.1, 0.15) is 5.56 Å². The number of nitrogens with zero attached hydrogens (tertiary/aromatic N) is 3. The molecule has 3 heterocycles. The lowest BCUT2D eigenvalue weighted by molar-refractivity contribution is -0.122. The van der Waals surface area contributed by atoms with Crippen molar-refractivity contribution in [3.8, 4) is 11.3 Å². The number of carbonyl (C=O) groups is 2. The van der Waals surface area contributed by atoms with Gasteiger partial charge in [-0.1, -0.05) is 35.5 Å². The predicted molar refractivity (Wildman–Crippen MR) is 116 cm³/mol. The Bertz CT molecular complexity index is 836. The van der Waals surface area contributed by atoms with Gasteiger partial charge in [0.15, 0.2) is 11.6 Å². The van der Waals surface area contributed by atoms with Crippen LogP contribution in [-0.4, -0.2) is 80.5 Å². The molecule has 2 fully saturated rings. The molecule has 0 saturated carbocycles. The molecule has 1 amide bonds. The average Bonchev–Trinajstić information content (AvgIpc) is 3.25. The van der Waals surface area contributed by atoms with Crippen LogP contribution in [0.5, 0.6) is 0 Å². The van der Waals surface area contributed by atoms with Crippen molar-refractivity contribution in [3.63, 3.8) is 0 Å². The molecule has 2 aromatic rings. The van der Waals surface area contributed by atoms with E-state index in [0.29, 0.717) is 55.9 Å². The van der Waals surface area contributed by atoms with Gasteiger partial charge < -0.3 is 29.5 Å². The molecule has 4 rings (SSSR count). The number of likely N-dealkylation sites (tertiary alicyclic amines) is 1. The van der Waals surface area contributed by atoms with E-state index in [4.69, 9.17) is 19.2 Å². The Kier molecular flexibility index (Phi) is 8.43. The maximum absolute atomic E-state index is 13.2. The van der Waals surface area contributed by atoms with Crippen LogP contribution in [0.2, 0.25) is 0 Å². The molecule has 1 unspecified atom stereocenters. The smallest absolute Gasteiger partial charge is 0.290 e. The normalized spacial score (nSPS) is 19.3. The van der Waals surface area contributed by atoms with Crippen molar-refractivity contribution in [3.05, 3.63) is 35.9 Å². The maximum Gasteiger partial charge on any atom is 0.290 e. The lowest BCUT2D eigenvalue weighted by Gasteiger charge is -2.30. The molecule has 31 heavy (non-hydrogen) atoms. The molecule has 2 aliphatic rings. The summed E-state index contributed by atoms with van der Waals surface area (Å²) in [6.45, 7) is 5.24. The topological polar surface area (TPSA) is 108 Å². The van der Waals surface area contributed by atoms with E-state index in [2.05, 4.69) is 27.3 Å². The van der Waals surface area contributed by atoms with Gasteiger partial charge >= 0.3 is 0 Å². The first-order chi connectivity index (χ1) is 15.1. The van der Waals surface area contributed by atoms with E-state index >= 15 is 0 Å². The number of rotatable bonds is 5. The van der Waals surface area contributed by atoms with Gasteiger partial charge in [-0.15, -0.1) is 0 Å². The van der Waals surface area contributed by atoms with Crippen LogP contribution < -0.4 is 10.2 Å². The number of anilines is 1. The molecule has 9 heteroatoms. The van der Waals surface area contributed by atoms with Gasteiger partial charge in [0.05, 0.1) is 13.2 Å². The Balaban J connectivity index is 0.000000858. The minimum atomic E-state index is -0.250. The Morgan fingerprint density at radius 2 is 1.97 bits per heavy atom. The number of morpholine rings is 1. The summed E-state index contributed by atoms with van der Waals surface area (Å²) >= 11 is 0. The van der Waals surface area contributed by atoms with Crippen LogP contribution in [-0.2, 0) is 9.53 Å². The lowest BCUT2D eigenvalue weighted by atomic mass is 9.98. The number of amides is 1. The number of piperidine rings is 1. The first-order valence-corrected chi connectivity index (χ1v) is 10.6. The van der Waals surface area contributed by atoms with Crippen molar-refractivity contribution < 1.29 is 24.0 Å². The van der Waals surface area contributed by atoms with Crippen molar-refractivity contribution >= 4 is 18.2 Å². The quantitative estimate of drug-likeness (QED) is 0.693. The minimum Gasteiger partial charge on any atom is -0.483 e. The Labute approximate surface area is 181 Å². The van der Waals surface area contributed by atoms with Gasteiger partial charge in [-0.3, -0.25) is 9.59 Å². The van der Waals surface area contributed by atoms with Crippen LogP contribution in [0.1, 0.15) is 23.2 Å². The summed E-state index contributed by atoms with van der Waals surface area (Å²) in [5.74, 6) is 1.50. The summed E-state index contributed by atoms with van der Waals surface area (Å²) in [5, 5.41) is 14.3. The number of carbonyl (C=O) groups excluding carboxylic acids is 1. The van der Waals surface area contributed by atoms with Crippen LogP contribution in [0.15, 0.2) is 34.9 Å². The van der Waals surface area contributed by atoms with Gasteiger partial charge in [0.25, 0.3) is 12.4 Å². The third kappa shape index (κ3) is 6.05. The summed E-state index contributed by atoms with van der Waals surface area (Å²) in [7, 11) is 2.14. The fraction of sp³-hybridized carbons (Fsp3) is 0.500. The number of ether oxygens (including phenoxy) is 1. The van der Waals surface area contributed by atoms with E-state index in [1.165, 1.54) is 6.42 Å². The van der Waals surface area contributed by atoms with E-state index < -0.39 is 0 Å². The largest absolute Gasteiger partial charge is 0.483 e. The molecule has 9 nitrogen and oxygen atoms in total. The maximum atomic E-state index is 13.2. The zero-order chi connectivity index (χ0) is 22.1. The summed E-state index contributed by atoms with van der Waals surface area (Å²) in [4.78, 5) is 26.0. The van der Waals surface area contributed by atoms with Crippen molar-refractivity contribution in [1.82, 2.24) is 15.4 Å². The second kappa shape index (κ2) is 11.5.